The van der Waals surface area contributed by atoms with Gasteiger partial charge in [0.1, 0.15) is 0 Å². The van der Waals surface area contributed by atoms with Crippen molar-refractivity contribution in [1.82, 2.24) is 0 Å². The molecule has 115 valence electrons. The maximum atomic E-state index is 11.5. The van der Waals surface area contributed by atoms with E-state index in [9.17, 15) is 4.79 Å². The van der Waals surface area contributed by atoms with E-state index in [4.69, 9.17) is 14.2 Å². The highest BCUT2D eigenvalue weighted by Crippen LogP contribution is 2.43. The Morgan fingerprint density at radius 3 is 2.00 bits per heavy atom. The van der Waals surface area contributed by atoms with E-state index in [0.717, 1.165) is 18.4 Å². The number of hydrogen-bond acceptors (Lipinski definition) is 4. The van der Waals surface area contributed by atoms with Crippen molar-refractivity contribution in [1.29, 1.82) is 0 Å². The zero-order chi connectivity index (χ0) is 15.2. The second kappa shape index (κ2) is 7.34. The van der Waals surface area contributed by atoms with Crippen molar-refractivity contribution < 1.29 is 19.0 Å². The average Bonchev–Trinajstić information content (AvgIpc) is 2.55. The SMILES string of the molecule is COc1cc([C@@H]([C]=O)C2CCCCC2)cc(OC)c1OC. The molecule has 0 bridgehead atoms. The number of benzene rings is 1. The number of ether oxygens (including phenoxy) is 3. The molecule has 1 aromatic rings. The topological polar surface area (TPSA) is 44.8 Å². The summed E-state index contributed by atoms with van der Waals surface area (Å²) in [6, 6.07) is 3.73. The quantitative estimate of drug-likeness (QED) is 0.805. The maximum Gasteiger partial charge on any atom is 0.206 e. The lowest BCUT2D eigenvalue weighted by atomic mass is 9.77. The smallest absolute Gasteiger partial charge is 0.206 e. The van der Waals surface area contributed by atoms with Gasteiger partial charge in [-0.2, -0.15) is 0 Å². The standard InChI is InChI=1S/C17H23O4/c1-19-15-9-13(10-16(20-2)17(15)21-3)14(11-18)12-7-5-4-6-8-12/h9-10,12,14H,4-8H2,1-3H3/t14-/m0/s1. The third kappa shape index (κ3) is 3.31. The van der Waals surface area contributed by atoms with Crippen molar-refractivity contribution in [3.63, 3.8) is 0 Å². The molecule has 0 amide bonds. The molecule has 4 nitrogen and oxygen atoms in total. The first kappa shape index (κ1) is 15.7. The molecule has 4 heteroatoms. The minimum atomic E-state index is -0.223. The lowest BCUT2D eigenvalue weighted by molar-refractivity contribution is 0.317. The van der Waals surface area contributed by atoms with Crippen molar-refractivity contribution in [2.75, 3.05) is 21.3 Å². The molecule has 0 saturated heterocycles. The molecule has 1 saturated carbocycles. The lowest BCUT2D eigenvalue weighted by Gasteiger charge is -2.27. The molecule has 0 heterocycles. The third-order valence-corrected chi connectivity index (χ3v) is 4.29. The Kier molecular flexibility index (Phi) is 5.48. The molecule has 1 fully saturated rings. The van der Waals surface area contributed by atoms with Gasteiger partial charge in [-0.05, 0) is 36.5 Å². The van der Waals surface area contributed by atoms with E-state index in [-0.39, 0.29) is 5.92 Å². The molecule has 1 aliphatic rings. The van der Waals surface area contributed by atoms with Crippen molar-refractivity contribution in [2.24, 2.45) is 5.92 Å². The highest BCUT2D eigenvalue weighted by atomic mass is 16.5. The maximum absolute atomic E-state index is 11.5. The van der Waals surface area contributed by atoms with E-state index in [1.165, 1.54) is 19.3 Å². The van der Waals surface area contributed by atoms with Crippen LogP contribution in [0.4, 0.5) is 0 Å². The van der Waals surface area contributed by atoms with Crippen LogP contribution < -0.4 is 14.2 Å². The number of hydrogen-bond donors (Lipinski definition) is 0. The second-order valence-corrected chi connectivity index (χ2v) is 5.45. The van der Waals surface area contributed by atoms with Crippen LogP contribution in [0.15, 0.2) is 12.1 Å². The Balaban J connectivity index is 2.38. The van der Waals surface area contributed by atoms with Crippen LogP contribution >= 0.6 is 0 Å². The average molecular weight is 291 g/mol. The predicted molar refractivity (Wildman–Crippen MR) is 81.1 cm³/mol. The van der Waals surface area contributed by atoms with E-state index in [0.29, 0.717) is 23.2 Å². The van der Waals surface area contributed by atoms with Crippen LogP contribution in [0.25, 0.3) is 0 Å². The van der Waals surface area contributed by atoms with E-state index >= 15 is 0 Å². The van der Waals surface area contributed by atoms with Crippen LogP contribution in [0.3, 0.4) is 0 Å². The van der Waals surface area contributed by atoms with Gasteiger partial charge in [-0.25, -0.2) is 0 Å². The fourth-order valence-electron chi connectivity index (χ4n) is 3.18. The summed E-state index contributed by atoms with van der Waals surface area (Å²) in [5.41, 5.74) is 0.895. The summed E-state index contributed by atoms with van der Waals surface area (Å²) in [5.74, 6) is 1.86. The molecule has 0 N–H and O–H groups in total. The highest BCUT2D eigenvalue weighted by Gasteiger charge is 2.27. The molecule has 0 spiro atoms. The highest BCUT2D eigenvalue weighted by molar-refractivity contribution is 5.66. The van der Waals surface area contributed by atoms with E-state index in [1.807, 2.05) is 12.1 Å². The molecule has 1 atom stereocenters. The fourth-order valence-corrected chi connectivity index (χ4v) is 3.18. The van der Waals surface area contributed by atoms with E-state index in [1.54, 1.807) is 21.3 Å². The zero-order valence-electron chi connectivity index (χ0n) is 13.0. The number of rotatable bonds is 6. The predicted octanol–water partition coefficient (Wildman–Crippen LogP) is 3.49. The normalized spacial score (nSPS) is 17.1. The Morgan fingerprint density at radius 2 is 1.57 bits per heavy atom. The van der Waals surface area contributed by atoms with Crippen molar-refractivity contribution in [3.05, 3.63) is 17.7 Å². The monoisotopic (exact) mass is 291 g/mol. The van der Waals surface area contributed by atoms with Gasteiger partial charge in [-0.1, -0.05) is 19.3 Å². The first-order valence-electron chi connectivity index (χ1n) is 7.42. The lowest BCUT2D eigenvalue weighted by Crippen LogP contribution is -2.17. The molecule has 2 rings (SSSR count). The summed E-state index contributed by atoms with van der Waals surface area (Å²) in [7, 11) is 4.74. The third-order valence-electron chi connectivity index (χ3n) is 4.29. The van der Waals surface area contributed by atoms with Crippen LogP contribution in [-0.4, -0.2) is 27.6 Å². The van der Waals surface area contributed by atoms with E-state index in [2.05, 4.69) is 6.29 Å². The van der Waals surface area contributed by atoms with Crippen molar-refractivity contribution in [3.8, 4) is 17.2 Å². The summed E-state index contributed by atoms with van der Waals surface area (Å²) >= 11 is 0. The summed E-state index contributed by atoms with van der Waals surface area (Å²) in [6.45, 7) is 0. The molecular formula is C17H23O4. The van der Waals surface area contributed by atoms with Crippen LogP contribution in [0.1, 0.15) is 43.6 Å². The first-order valence-corrected chi connectivity index (χ1v) is 7.42. The van der Waals surface area contributed by atoms with Crippen molar-refractivity contribution in [2.45, 2.75) is 38.0 Å². The van der Waals surface area contributed by atoms with Gasteiger partial charge in [0.05, 0.1) is 27.2 Å². The van der Waals surface area contributed by atoms with Gasteiger partial charge in [0.15, 0.2) is 11.5 Å². The molecule has 1 radical (unpaired) electrons. The minimum Gasteiger partial charge on any atom is -0.493 e. The molecule has 21 heavy (non-hydrogen) atoms. The van der Waals surface area contributed by atoms with Gasteiger partial charge >= 0.3 is 0 Å². The minimum absolute atomic E-state index is 0.223. The second-order valence-electron chi connectivity index (χ2n) is 5.45. The Hall–Kier alpha value is -1.71. The molecule has 1 aliphatic carbocycles. The van der Waals surface area contributed by atoms with Gasteiger partial charge in [0.2, 0.25) is 12.0 Å². The summed E-state index contributed by atoms with van der Waals surface area (Å²) < 4.78 is 16.1. The molecule has 1 aromatic carbocycles. The molecule has 0 aliphatic heterocycles. The zero-order valence-corrected chi connectivity index (χ0v) is 13.0. The van der Waals surface area contributed by atoms with Gasteiger partial charge < -0.3 is 14.2 Å². The summed E-state index contributed by atoms with van der Waals surface area (Å²) in [4.78, 5) is 11.5. The first-order chi connectivity index (χ1) is 10.2. The number of carbonyl (C=O) groups excluding carboxylic acids is 1. The van der Waals surface area contributed by atoms with Gasteiger partial charge in [0.25, 0.3) is 0 Å². The van der Waals surface area contributed by atoms with Gasteiger partial charge in [-0.3, -0.25) is 4.79 Å². The summed E-state index contributed by atoms with van der Waals surface area (Å²) in [6.07, 6.45) is 8.02. The Morgan fingerprint density at radius 1 is 1.00 bits per heavy atom. The molecular weight excluding hydrogens is 268 g/mol. The van der Waals surface area contributed by atoms with Crippen LogP contribution in [0.2, 0.25) is 0 Å². The number of methoxy groups -OCH3 is 3. The van der Waals surface area contributed by atoms with Crippen molar-refractivity contribution >= 4 is 6.29 Å². The largest absolute Gasteiger partial charge is 0.493 e. The molecule has 0 aromatic heterocycles. The van der Waals surface area contributed by atoms with Crippen LogP contribution in [0.5, 0.6) is 17.2 Å². The molecule has 0 unspecified atom stereocenters. The van der Waals surface area contributed by atoms with Gasteiger partial charge in [0, 0.05) is 0 Å². The van der Waals surface area contributed by atoms with Crippen LogP contribution in [0, 0.1) is 5.92 Å². The summed E-state index contributed by atoms with van der Waals surface area (Å²) in [5, 5.41) is 0. The van der Waals surface area contributed by atoms with Gasteiger partial charge in [-0.15, -0.1) is 0 Å². The Bertz CT molecular complexity index is 453. The fraction of sp³-hybridized carbons (Fsp3) is 0.588. The van der Waals surface area contributed by atoms with Crippen LogP contribution in [-0.2, 0) is 4.79 Å². The Labute approximate surface area is 126 Å². The van der Waals surface area contributed by atoms with E-state index < -0.39 is 0 Å².